The minimum atomic E-state index is -0.793. The maximum absolute atomic E-state index is 12.8. The van der Waals surface area contributed by atoms with Crippen LogP contribution in [0.25, 0.3) is 10.1 Å². The van der Waals surface area contributed by atoms with E-state index in [0.717, 1.165) is 15.6 Å². The molecule has 1 saturated heterocycles. The summed E-state index contributed by atoms with van der Waals surface area (Å²) in [5, 5.41) is 2.99. The molecule has 0 unspecified atom stereocenters. The van der Waals surface area contributed by atoms with Gasteiger partial charge in [-0.3, -0.25) is 9.00 Å². The molecule has 0 radical (unpaired) electrons. The lowest BCUT2D eigenvalue weighted by atomic mass is 10.1. The first kappa shape index (κ1) is 14.7. The van der Waals surface area contributed by atoms with Crippen molar-refractivity contribution in [2.75, 3.05) is 24.6 Å². The summed E-state index contributed by atoms with van der Waals surface area (Å²) in [6, 6.07) is 6.20. The van der Waals surface area contributed by atoms with Crippen molar-refractivity contribution in [1.82, 2.24) is 4.90 Å². The van der Waals surface area contributed by atoms with Crippen molar-refractivity contribution >= 4 is 38.1 Å². The largest absolute Gasteiger partial charge is 0.337 e. The van der Waals surface area contributed by atoms with Gasteiger partial charge in [-0.2, -0.15) is 0 Å². The van der Waals surface area contributed by atoms with E-state index in [0.29, 0.717) is 30.5 Å². The highest BCUT2D eigenvalue weighted by molar-refractivity contribution is 7.85. The van der Waals surface area contributed by atoms with Crippen molar-refractivity contribution in [3.05, 3.63) is 34.7 Å². The van der Waals surface area contributed by atoms with Crippen molar-refractivity contribution in [2.24, 2.45) is 5.92 Å². The third-order valence-electron chi connectivity index (χ3n) is 3.84. The molecule has 1 aromatic heterocycles. The summed E-state index contributed by atoms with van der Waals surface area (Å²) in [6.45, 7) is 5.43. The van der Waals surface area contributed by atoms with Crippen LogP contribution in [0, 0.1) is 12.8 Å². The zero-order valence-corrected chi connectivity index (χ0v) is 13.9. The van der Waals surface area contributed by atoms with Crippen LogP contribution in [-0.2, 0) is 10.8 Å². The lowest BCUT2D eigenvalue weighted by Crippen LogP contribution is -2.35. The standard InChI is InChI=1S/C16H19NO2S2/c1-11-3-4-13-14(9-20-15(13)7-11)16(18)17-5-6-21(19)10-12(2)8-17/h3-4,7,9,12H,5-6,8,10H2,1-2H3/t12-,21-/m0/s1. The molecule has 1 aliphatic heterocycles. The van der Waals surface area contributed by atoms with Crippen LogP contribution >= 0.6 is 11.3 Å². The van der Waals surface area contributed by atoms with Crippen LogP contribution in [0.15, 0.2) is 23.6 Å². The minimum absolute atomic E-state index is 0.0795. The van der Waals surface area contributed by atoms with Gasteiger partial charge in [0.25, 0.3) is 5.91 Å². The second-order valence-electron chi connectivity index (χ2n) is 5.82. The quantitative estimate of drug-likeness (QED) is 0.809. The number of nitrogens with zero attached hydrogens (tertiary/aromatic N) is 1. The fourth-order valence-corrected chi connectivity index (χ4v) is 5.15. The molecule has 2 aromatic rings. The molecule has 1 amide bonds. The van der Waals surface area contributed by atoms with E-state index in [1.54, 1.807) is 11.3 Å². The number of aryl methyl sites for hydroxylation is 1. The number of fused-ring (bicyclic) bond motifs is 1. The van der Waals surface area contributed by atoms with Crippen LogP contribution in [0.5, 0.6) is 0 Å². The number of hydrogen-bond acceptors (Lipinski definition) is 3. The van der Waals surface area contributed by atoms with Gasteiger partial charge in [0.05, 0.1) is 5.56 Å². The Morgan fingerprint density at radius 3 is 3.05 bits per heavy atom. The number of thiophene rings is 1. The number of hydrogen-bond donors (Lipinski definition) is 0. The third kappa shape index (κ3) is 3.04. The smallest absolute Gasteiger partial charge is 0.255 e. The molecule has 0 bridgehead atoms. The first-order valence-corrected chi connectivity index (χ1v) is 9.53. The number of benzene rings is 1. The van der Waals surface area contributed by atoms with Gasteiger partial charge in [-0.15, -0.1) is 11.3 Å². The SMILES string of the molecule is Cc1ccc2c(C(=O)N3CC[S@](=O)C[C@@H](C)C3)csc2c1. The molecule has 3 rings (SSSR count). The van der Waals surface area contributed by atoms with Gasteiger partial charge in [-0.25, -0.2) is 0 Å². The maximum atomic E-state index is 12.8. The first-order valence-electron chi connectivity index (χ1n) is 7.16. The molecule has 2 heterocycles. The highest BCUT2D eigenvalue weighted by Crippen LogP contribution is 2.28. The summed E-state index contributed by atoms with van der Waals surface area (Å²) in [4.78, 5) is 14.7. The fourth-order valence-electron chi connectivity index (χ4n) is 2.79. The van der Waals surface area contributed by atoms with Crippen molar-refractivity contribution in [3.8, 4) is 0 Å². The monoisotopic (exact) mass is 321 g/mol. The number of rotatable bonds is 1. The van der Waals surface area contributed by atoms with Gasteiger partial charge in [0.2, 0.25) is 0 Å². The van der Waals surface area contributed by atoms with E-state index in [9.17, 15) is 9.00 Å². The molecular weight excluding hydrogens is 302 g/mol. The molecule has 0 saturated carbocycles. The average molecular weight is 321 g/mol. The predicted octanol–water partition coefficient (Wildman–Crippen LogP) is 3.05. The van der Waals surface area contributed by atoms with Gasteiger partial charge in [-0.05, 0) is 24.5 Å². The normalized spacial score (nSPS) is 23.2. The van der Waals surface area contributed by atoms with Crippen LogP contribution in [0.2, 0.25) is 0 Å². The van der Waals surface area contributed by atoms with E-state index in [1.807, 2.05) is 22.4 Å². The van der Waals surface area contributed by atoms with E-state index >= 15 is 0 Å². The molecule has 0 N–H and O–H groups in total. The molecule has 2 atom stereocenters. The molecule has 21 heavy (non-hydrogen) atoms. The topological polar surface area (TPSA) is 37.4 Å². The zero-order chi connectivity index (χ0) is 15.0. The summed E-state index contributed by atoms with van der Waals surface area (Å²) in [5.74, 6) is 1.67. The van der Waals surface area contributed by atoms with Crippen LogP contribution in [0.4, 0.5) is 0 Å². The Morgan fingerprint density at radius 1 is 1.43 bits per heavy atom. The minimum Gasteiger partial charge on any atom is -0.337 e. The Hall–Kier alpha value is -1.20. The molecule has 1 fully saturated rings. The second kappa shape index (κ2) is 5.89. The Morgan fingerprint density at radius 2 is 2.24 bits per heavy atom. The number of carbonyl (C=O) groups excluding carboxylic acids is 1. The Labute approximate surface area is 131 Å². The lowest BCUT2D eigenvalue weighted by Gasteiger charge is -2.22. The third-order valence-corrected chi connectivity index (χ3v) is 6.36. The van der Waals surface area contributed by atoms with Crippen molar-refractivity contribution < 1.29 is 9.00 Å². The van der Waals surface area contributed by atoms with E-state index in [4.69, 9.17) is 0 Å². The molecule has 5 heteroatoms. The van der Waals surface area contributed by atoms with Crippen LogP contribution < -0.4 is 0 Å². The van der Waals surface area contributed by atoms with Crippen molar-refractivity contribution in [1.29, 1.82) is 0 Å². The highest BCUT2D eigenvalue weighted by atomic mass is 32.2. The first-order chi connectivity index (χ1) is 10.0. The lowest BCUT2D eigenvalue weighted by molar-refractivity contribution is 0.0754. The van der Waals surface area contributed by atoms with E-state index in [-0.39, 0.29) is 5.91 Å². The zero-order valence-electron chi connectivity index (χ0n) is 12.3. The number of carbonyl (C=O) groups is 1. The molecular formula is C16H19NO2S2. The van der Waals surface area contributed by atoms with Gasteiger partial charge < -0.3 is 4.90 Å². The van der Waals surface area contributed by atoms with Crippen LogP contribution in [0.3, 0.4) is 0 Å². The van der Waals surface area contributed by atoms with Crippen molar-refractivity contribution in [3.63, 3.8) is 0 Å². The molecule has 0 spiro atoms. The maximum Gasteiger partial charge on any atom is 0.255 e. The van der Waals surface area contributed by atoms with Crippen LogP contribution in [0.1, 0.15) is 22.8 Å². The predicted molar refractivity (Wildman–Crippen MR) is 89.5 cm³/mol. The molecule has 1 aliphatic rings. The second-order valence-corrected chi connectivity index (χ2v) is 8.35. The van der Waals surface area contributed by atoms with Gasteiger partial charge >= 0.3 is 0 Å². The van der Waals surface area contributed by atoms with Gasteiger partial charge in [0, 0.05) is 50.9 Å². The number of amides is 1. The molecule has 1 aromatic carbocycles. The van der Waals surface area contributed by atoms with E-state index < -0.39 is 10.8 Å². The summed E-state index contributed by atoms with van der Waals surface area (Å²) < 4.78 is 12.9. The Kier molecular flexibility index (Phi) is 4.13. The Balaban J connectivity index is 1.91. The highest BCUT2D eigenvalue weighted by Gasteiger charge is 2.25. The fraction of sp³-hybridized carbons (Fsp3) is 0.438. The van der Waals surface area contributed by atoms with E-state index in [2.05, 4.69) is 19.9 Å². The van der Waals surface area contributed by atoms with Crippen LogP contribution in [-0.4, -0.2) is 39.6 Å². The molecule has 0 aliphatic carbocycles. The van der Waals surface area contributed by atoms with E-state index in [1.165, 1.54) is 5.56 Å². The van der Waals surface area contributed by atoms with Gasteiger partial charge in [0.1, 0.15) is 0 Å². The molecule has 112 valence electrons. The Bertz CT molecular complexity index is 707. The van der Waals surface area contributed by atoms with Gasteiger partial charge in [-0.1, -0.05) is 19.1 Å². The average Bonchev–Trinajstić information content (AvgIpc) is 2.76. The molecule has 3 nitrogen and oxygen atoms in total. The summed E-state index contributed by atoms with van der Waals surface area (Å²) in [5.41, 5.74) is 2.00. The van der Waals surface area contributed by atoms with Crippen molar-refractivity contribution in [2.45, 2.75) is 13.8 Å². The summed E-state index contributed by atoms with van der Waals surface area (Å²) in [7, 11) is -0.793. The summed E-state index contributed by atoms with van der Waals surface area (Å²) in [6.07, 6.45) is 0. The summed E-state index contributed by atoms with van der Waals surface area (Å²) >= 11 is 1.62. The van der Waals surface area contributed by atoms with Gasteiger partial charge in [0.15, 0.2) is 0 Å².